The number of nitrogens with zero attached hydrogens (tertiary/aromatic N) is 1. The molecule has 0 bridgehead atoms. The second-order valence-corrected chi connectivity index (χ2v) is 4.40. The van der Waals surface area contributed by atoms with Crippen LogP contribution in [0, 0.1) is 0 Å². The van der Waals surface area contributed by atoms with Gasteiger partial charge < -0.3 is 15.2 Å². The van der Waals surface area contributed by atoms with E-state index in [0.29, 0.717) is 5.56 Å². The van der Waals surface area contributed by atoms with Gasteiger partial charge in [0.1, 0.15) is 11.5 Å². The van der Waals surface area contributed by atoms with E-state index in [4.69, 9.17) is 4.74 Å². The van der Waals surface area contributed by atoms with Crippen LogP contribution in [0.1, 0.15) is 28.9 Å². The highest BCUT2D eigenvalue weighted by Gasteiger charge is 2.12. The van der Waals surface area contributed by atoms with Gasteiger partial charge in [0, 0.05) is 6.20 Å². The van der Waals surface area contributed by atoms with Crippen molar-refractivity contribution in [3.8, 4) is 11.5 Å². The Kier molecular flexibility index (Phi) is 4.20. The summed E-state index contributed by atoms with van der Waals surface area (Å²) in [5, 5.41) is 12.2. The van der Waals surface area contributed by atoms with Crippen LogP contribution in [0.3, 0.4) is 0 Å². The lowest BCUT2D eigenvalue weighted by molar-refractivity contribution is 0.0939. The molecule has 2 N–H and O–H groups in total. The second kappa shape index (κ2) is 6.06. The molecule has 1 aromatic heterocycles. The maximum atomic E-state index is 12.0. The highest BCUT2D eigenvalue weighted by Crippen LogP contribution is 2.19. The van der Waals surface area contributed by atoms with E-state index in [0.717, 1.165) is 11.3 Å². The molecule has 0 fully saturated rings. The topological polar surface area (TPSA) is 71.5 Å². The van der Waals surface area contributed by atoms with E-state index in [1.165, 1.54) is 18.5 Å². The number of carbonyl (C=O) groups excluding carboxylic acids is 1. The van der Waals surface area contributed by atoms with Gasteiger partial charge in [-0.25, -0.2) is 0 Å². The van der Waals surface area contributed by atoms with E-state index in [-0.39, 0.29) is 17.7 Å². The summed E-state index contributed by atoms with van der Waals surface area (Å²) in [5.41, 5.74) is 1.26. The molecular formula is C15H16N2O3. The Morgan fingerprint density at radius 3 is 2.85 bits per heavy atom. The summed E-state index contributed by atoms with van der Waals surface area (Å²) in [5.74, 6) is 0.415. The maximum Gasteiger partial charge on any atom is 0.253 e. The Morgan fingerprint density at radius 1 is 1.35 bits per heavy atom. The van der Waals surface area contributed by atoms with E-state index >= 15 is 0 Å². The van der Waals surface area contributed by atoms with Crippen molar-refractivity contribution in [1.29, 1.82) is 0 Å². The normalized spacial score (nSPS) is 11.7. The summed E-state index contributed by atoms with van der Waals surface area (Å²) in [7, 11) is 1.60. The SMILES string of the molecule is COc1cccc(C(C)NC(=O)c2cncc(O)c2)c1. The minimum absolute atomic E-state index is 0.0355. The number of ether oxygens (including phenoxy) is 1. The van der Waals surface area contributed by atoms with Crippen LogP contribution >= 0.6 is 0 Å². The Balaban J connectivity index is 2.10. The molecule has 1 atom stereocenters. The van der Waals surface area contributed by atoms with Crippen molar-refractivity contribution in [2.24, 2.45) is 0 Å². The van der Waals surface area contributed by atoms with Gasteiger partial charge in [0.25, 0.3) is 5.91 Å². The van der Waals surface area contributed by atoms with Crippen LogP contribution in [-0.4, -0.2) is 23.1 Å². The van der Waals surface area contributed by atoms with Crippen molar-refractivity contribution in [2.45, 2.75) is 13.0 Å². The van der Waals surface area contributed by atoms with Crippen LogP contribution in [0.4, 0.5) is 0 Å². The molecule has 0 aliphatic rings. The monoisotopic (exact) mass is 272 g/mol. The lowest BCUT2D eigenvalue weighted by Crippen LogP contribution is -2.26. The third-order valence-corrected chi connectivity index (χ3v) is 2.93. The fourth-order valence-corrected chi connectivity index (χ4v) is 1.83. The molecule has 0 radical (unpaired) electrons. The highest BCUT2D eigenvalue weighted by molar-refractivity contribution is 5.94. The van der Waals surface area contributed by atoms with E-state index in [2.05, 4.69) is 10.3 Å². The molecule has 0 saturated heterocycles. The average molecular weight is 272 g/mol. The van der Waals surface area contributed by atoms with Gasteiger partial charge in [0.15, 0.2) is 0 Å². The number of aromatic hydroxyl groups is 1. The molecule has 1 amide bonds. The molecule has 2 aromatic rings. The lowest BCUT2D eigenvalue weighted by Gasteiger charge is -2.15. The van der Waals surface area contributed by atoms with E-state index in [1.54, 1.807) is 7.11 Å². The van der Waals surface area contributed by atoms with Crippen molar-refractivity contribution in [1.82, 2.24) is 10.3 Å². The number of nitrogens with one attached hydrogen (secondary N) is 1. The minimum atomic E-state index is -0.288. The molecule has 2 rings (SSSR count). The van der Waals surface area contributed by atoms with E-state index in [1.807, 2.05) is 31.2 Å². The quantitative estimate of drug-likeness (QED) is 0.895. The van der Waals surface area contributed by atoms with Crippen molar-refractivity contribution in [2.75, 3.05) is 7.11 Å². The van der Waals surface area contributed by atoms with Crippen molar-refractivity contribution < 1.29 is 14.6 Å². The Hall–Kier alpha value is -2.56. The second-order valence-electron chi connectivity index (χ2n) is 4.40. The first-order valence-electron chi connectivity index (χ1n) is 6.19. The fourth-order valence-electron chi connectivity index (χ4n) is 1.83. The maximum absolute atomic E-state index is 12.0. The molecule has 0 aliphatic carbocycles. The first kappa shape index (κ1) is 13.9. The Labute approximate surface area is 117 Å². The fraction of sp³-hybridized carbons (Fsp3) is 0.200. The van der Waals surface area contributed by atoms with E-state index < -0.39 is 0 Å². The van der Waals surface area contributed by atoms with Gasteiger partial charge in [-0.05, 0) is 30.7 Å². The van der Waals surface area contributed by atoms with Gasteiger partial charge in [0.2, 0.25) is 0 Å². The number of pyridine rings is 1. The zero-order chi connectivity index (χ0) is 14.5. The summed E-state index contributed by atoms with van der Waals surface area (Å²) in [6, 6.07) is 8.68. The standard InChI is InChI=1S/C15H16N2O3/c1-10(11-4-3-5-14(7-11)20-2)17-15(19)12-6-13(18)9-16-8-12/h3-10,18H,1-2H3,(H,17,19). The predicted molar refractivity (Wildman–Crippen MR) is 74.8 cm³/mol. The smallest absolute Gasteiger partial charge is 0.253 e. The molecule has 1 aromatic carbocycles. The van der Waals surface area contributed by atoms with Crippen LogP contribution in [0.25, 0.3) is 0 Å². The lowest BCUT2D eigenvalue weighted by atomic mass is 10.1. The molecule has 1 unspecified atom stereocenters. The third kappa shape index (κ3) is 3.26. The van der Waals surface area contributed by atoms with Gasteiger partial charge in [-0.15, -0.1) is 0 Å². The summed E-state index contributed by atoms with van der Waals surface area (Å²) in [6.45, 7) is 1.88. The van der Waals surface area contributed by atoms with Gasteiger partial charge in [0.05, 0.1) is 24.9 Å². The van der Waals surface area contributed by atoms with Gasteiger partial charge in [-0.1, -0.05) is 12.1 Å². The number of amides is 1. The number of hydrogen-bond acceptors (Lipinski definition) is 4. The molecule has 0 saturated carbocycles. The number of aromatic nitrogens is 1. The molecule has 20 heavy (non-hydrogen) atoms. The number of carbonyl (C=O) groups is 1. The zero-order valence-electron chi connectivity index (χ0n) is 11.3. The van der Waals surface area contributed by atoms with Crippen molar-refractivity contribution in [3.05, 3.63) is 53.9 Å². The number of methoxy groups -OCH3 is 1. The summed E-state index contributed by atoms with van der Waals surface area (Å²) in [6.07, 6.45) is 2.69. The molecule has 5 nitrogen and oxygen atoms in total. The third-order valence-electron chi connectivity index (χ3n) is 2.93. The number of benzene rings is 1. The van der Waals surface area contributed by atoms with Gasteiger partial charge in [-0.3, -0.25) is 9.78 Å². The van der Waals surface area contributed by atoms with Crippen LogP contribution in [0.2, 0.25) is 0 Å². The Bertz CT molecular complexity index is 614. The summed E-state index contributed by atoms with van der Waals surface area (Å²) in [4.78, 5) is 15.8. The molecule has 5 heteroatoms. The summed E-state index contributed by atoms with van der Waals surface area (Å²) >= 11 is 0. The predicted octanol–water partition coefficient (Wildman–Crippen LogP) is 2.29. The first-order chi connectivity index (χ1) is 9.60. The zero-order valence-corrected chi connectivity index (χ0v) is 11.3. The average Bonchev–Trinajstić information content (AvgIpc) is 2.47. The van der Waals surface area contributed by atoms with Gasteiger partial charge in [-0.2, -0.15) is 0 Å². The number of hydrogen-bond donors (Lipinski definition) is 2. The van der Waals surface area contributed by atoms with Crippen molar-refractivity contribution >= 4 is 5.91 Å². The first-order valence-corrected chi connectivity index (χ1v) is 6.19. The summed E-state index contributed by atoms with van der Waals surface area (Å²) < 4.78 is 5.15. The van der Waals surface area contributed by atoms with Crippen LogP contribution in [0.15, 0.2) is 42.7 Å². The minimum Gasteiger partial charge on any atom is -0.506 e. The molecule has 104 valence electrons. The van der Waals surface area contributed by atoms with Gasteiger partial charge >= 0.3 is 0 Å². The van der Waals surface area contributed by atoms with Crippen LogP contribution in [0.5, 0.6) is 11.5 Å². The molecular weight excluding hydrogens is 256 g/mol. The number of rotatable bonds is 4. The molecule has 0 aliphatic heterocycles. The largest absolute Gasteiger partial charge is 0.506 e. The molecule has 0 spiro atoms. The highest BCUT2D eigenvalue weighted by atomic mass is 16.5. The molecule has 1 heterocycles. The van der Waals surface area contributed by atoms with Crippen LogP contribution in [-0.2, 0) is 0 Å². The Morgan fingerprint density at radius 2 is 2.15 bits per heavy atom. The van der Waals surface area contributed by atoms with E-state index in [9.17, 15) is 9.90 Å². The van der Waals surface area contributed by atoms with Crippen LogP contribution < -0.4 is 10.1 Å². The van der Waals surface area contributed by atoms with Crippen molar-refractivity contribution in [3.63, 3.8) is 0 Å².